The van der Waals surface area contributed by atoms with Crippen LogP contribution < -0.4 is 0 Å². The Hall–Kier alpha value is -0.600. The van der Waals surface area contributed by atoms with Crippen molar-refractivity contribution in [1.29, 1.82) is 0 Å². The average molecular weight is 143 g/mol. The summed E-state index contributed by atoms with van der Waals surface area (Å²) in [6.45, 7) is -0.0577. The van der Waals surface area contributed by atoms with Gasteiger partial charge in [-0.1, -0.05) is 11.6 Å². The number of nitrogens with zero attached hydrogens (tertiary/aromatic N) is 1. The SMILES string of the molecule is OCc1ccn[c]c1Cl. The van der Waals surface area contributed by atoms with Gasteiger partial charge in [-0.15, -0.1) is 0 Å². The van der Waals surface area contributed by atoms with Crippen LogP contribution in [0.4, 0.5) is 0 Å². The highest BCUT2D eigenvalue weighted by molar-refractivity contribution is 6.31. The van der Waals surface area contributed by atoms with Gasteiger partial charge in [-0.05, 0) is 11.6 Å². The summed E-state index contributed by atoms with van der Waals surface area (Å²) < 4.78 is 0. The lowest BCUT2D eigenvalue weighted by molar-refractivity contribution is 0.282. The van der Waals surface area contributed by atoms with E-state index in [0.29, 0.717) is 10.6 Å². The van der Waals surface area contributed by atoms with Crippen LogP contribution >= 0.6 is 11.6 Å². The molecule has 0 aliphatic carbocycles. The highest BCUT2D eigenvalue weighted by Gasteiger charge is 1.94. The quantitative estimate of drug-likeness (QED) is 0.635. The van der Waals surface area contributed by atoms with Crippen LogP contribution in [0, 0.1) is 6.20 Å². The van der Waals surface area contributed by atoms with Crippen molar-refractivity contribution >= 4 is 11.6 Å². The van der Waals surface area contributed by atoms with E-state index in [0.717, 1.165) is 0 Å². The molecule has 9 heavy (non-hydrogen) atoms. The number of rotatable bonds is 1. The van der Waals surface area contributed by atoms with Crippen molar-refractivity contribution in [1.82, 2.24) is 4.98 Å². The Morgan fingerprint density at radius 3 is 3.00 bits per heavy atom. The van der Waals surface area contributed by atoms with E-state index in [1.54, 1.807) is 6.07 Å². The van der Waals surface area contributed by atoms with E-state index in [1.165, 1.54) is 6.20 Å². The Morgan fingerprint density at radius 1 is 1.78 bits per heavy atom. The molecule has 0 atom stereocenters. The second-order valence-electron chi connectivity index (χ2n) is 1.55. The zero-order chi connectivity index (χ0) is 6.69. The molecule has 0 bridgehead atoms. The minimum Gasteiger partial charge on any atom is -0.392 e. The van der Waals surface area contributed by atoms with Crippen LogP contribution in [-0.4, -0.2) is 10.1 Å². The second kappa shape index (κ2) is 2.80. The minimum atomic E-state index is -0.0577. The van der Waals surface area contributed by atoms with E-state index in [-0.39, 0.29) is 6.61 Å². The topological polar surface area (TPSA) is 33.1 Å². The van der Waals surface area contributed by atoms with Gasteiger partial charge in [0.15, 0.2) is 0 Å². The summed E-state index contributed by atoms with van der Waals surface area (Å²) in [5, 5.41) is 8.98. The molecule has 0 saturated carbocycles. The van der Waals surface area contributed by atoms with Crippen LogP contribution in [-0.2, 0) is 6.61 Å². The van der Waals surface area contributed by atoms with E-state index < -0.39 is 0 Å². The van der Waals surface area contributed by atoms with E-state index in [9.17, 15) is 0 Å². The van der Waals surface area contributed by atoms with Crippen LogP contribution in [0.25, 0.3) is 0 Å². The maximum Gasteiger partial charge on any atom is 0.109 e. The van der Waals surface area contributed by atoms with Crippen LogP contribution in [0.15, 0.2) is 12.3 Å². The molecule has 0 aliphatic heterocycles. The molecule has 1 N–H and O–H groups in total. The smallest absolute Gasteiger partial charge is 0.109 e. The zero-order valence-corrected chi connectivity index (χ0v) is 5.39. The van der Waals surface area contributed by atoms with Crippen molar-refractivity contribution < 1.29 is 5.11 Å². The van der Waals surface area contributed by atoms with E-state index in [2.05, 4.69) is 11.2 Å². The molecular formula is C6H5ClNO. The predicted molar refractivity (Wildman–Crippen MR) is 34.0 cm³/mol. The predicted octanol–water partition coefficient (Wildman–Crippen LogP) is 1.03. The molecule has 0 spiro atoms. The zero-order valence-electron chi connectivity index (χ0n) is 4.63. The average Bonchev–Trinajstić information content (AvgIpc) is 1.89. The van der Waals surface area contributed by atoms with Crippen LogP contribution in [0.5, 0.6) is 0 Å². The Morgan fingerprint density at radius 2 is 2.56 bits per heavy atom. The molecule has 1 rings (SSSR count). The number of aliphatic hydroxyl groups excluding tert-OH is 1. The number of halogens is 1. The fourth-order valence-electron chi connectivity index (χ4n) is 0.488. The summed E-state index contributed by atoms with van der Waals surface area (Å²) in [6.07, 6.45) is 4.05. The van der Waals surface area contributed by atoms with Gasteiger partial charge >= 0.3 is 0 Å². The van der Waals surface area contributed by atoms with Gasteiger partial charge in [0, 0.05) is 6.20 Å². The Labute approximate surface area is 58.1 Å². The van der Waals surface area contributed by atoms with E-state index in [1.807, 2.05) is 0 Å². The highest BCUT2D eigenvalue weighted by Crippen LogP contribution is 2.11. The van der Waals surface area contributed by atoms with E-state index >= 15 is 0 Å². The lowest BCUT2D eigenvalue weighted by atomic mass is 10.3. The van der Waals surface area contributed by atoms with Crippen LogP contribution in [0.2, 0.25) is 5.02 Å². The first-order chi connectivity index (χ1) is 4.34. The second-order valence-corrected chi connectivity index (χ2v) is 1.93. The number of hydrogen-bond donors (Lipinski definition) is 1. The van der Waals surface area contributed by atoms with Crippen LogP contribution in [0.1, 0.15) is 5.56 Å². The van der Waals surface area contributed by atoms with Gasteiger partial charge in [0.2, 0.25) is 0 Å². The van der Waals surface area contributed by atoms with Gasteiger partial charge in [-0.3, -0.25) is 4.98 Å². The molecule has 1 heterocycles. The van der Waals surface area contributed by atoms with Gasteiger partial charge in [-0.25, -0.2) is 0 Å². The van der Waals surface area contributed by atoms with Crippen molar-refractivity contribution in [2.75, 3.05) is 0 Å². The monoisotopic (exact) mass is 142 g/mol. The van der Waals surface area contributed by atoms with Crippen LogP contribution in [0.3, 0.4) is 0 Å². The van der Waals surface area contributed by atoms with E-state index in [4.69, 9.17) is 16.7 Å². The summed E-state index contributed by atoms with van der Waals surface area (Å²) in [5.41, 5.74) is 0.659. The molecule has 0 fully saturated rings. The molecule has 2 nitrogen and oxygen atoms in total. The first-order valence-electron chi connectivity index (χ1n) is 2.46. The van der Waals surface area contributed by atoms with Crippen molar-refractivity contribution in [3.05, 3.63) is 29.0 Å². The minimum absolute atomic E-state index is 0.0577. The molecule has 1 aromatic heterocycles. The summed E-state index contributed by atoms with van der Waals surface area (Å²) in [4.78, 5) is 3.62. The Kier molecular flexibility index (Phi) is 2.03. The maximum absolute atomic E-state index is 8.59. The molecule has 47 valence electrons. The van der Waals surface area contributed by atoms with Gasteiger partial charge in [-0.2, -0.15) is 0 Å². The third kappa shape index (κ3) is 1.40. The number of hydrogen-bond acceptors (Lipinski definition) is 2. The normalized spacial score (nSPS) is 9.56. The highest BCUT2D eigenvalue weighted by atomic mass is 35.5. The molecular weight excluding hydrogens is 138 g/mol. The lowest BCUT2D eigenvalue weighted by Gasteiger charge is -1.94. The Balaban J connectivity index is 3.01. The van der Waals surface area contributed by atoms with Gasteiger partial charge in [0.25, 0.3) is 0 Å². The first-order valence-corrected chi connectivity index (χ1v) is 2.84. The molecule has 1 aromatic rings. The van der Waals surface area contributed by atoms with Gasteiger partial charge in [0.05, 0.1) is 11.6 Å². The van der Waals surface area contributed by atoms with Crippen molar-refractivity contribution in [2.45, 2.75) is 6.61 Å². The van der Waals surface area contributed by atoms with Crippen molar-refractivity contribution in [3.63, 3.8) is 0 Å². The molecule has 3 heteroatoms. The summed E-state index contributed by atoms with van der Waals surface area (Å²) in [6, 6.07) is 1.65. The molecule has 0 amide bonds. The van der Waals surface area contributed by atoms with Gasteiger partial charge < -0.3 is 5.11 Å². The third-order valence-electron chi connectivity index (χ3n) is 0.965. The fraction of sp³-hybridized carbons (Fsp3) is 0.167. The molecule has 0 aromatic carbocycles. The summed E-state index contributed by atoms with van der Waals surface area (Å²) in [5.74, 6) is 0. The molecule has 0 unspecified atom stereocenters. The number of aromatic nitrogens is 1. The largest absolute Gasteiger partial charge is 0.392 e. The summed E-state index contributed by atoms with van der Waals surface area (Å²) in [7, 11) is 0. The molecule has 0 saturated heterocycles. The lowest BCUT2D eigenvalue weighted by Crippen LogP contribution is -1.84. The molecule has 1 radical (unpaired) electrons. The van der Waals surface area contributed by atoms with Crippen molar-refractivity contribution in [2.24, 2.45) is 0 Å². The summed E-state index contributed by atoms with van der Waals surface area (Å²) >= 11 is 5.55. The number of aliphatic hydroxyl groups is 1. The van der Waals surface area contributed by atoms with Crippen molar-refractivity contribution in [3.8, 4) is 0 Å². The Bertz CT molecular complexity index is 202. The first kappa shape index (κ1) is 6.52. The standard InChI is InChI=1S/C6H5ClNO/c7-6-3-8-2-1-5(6)4-9/h1-2,9H,4H2. The van der Waals surface area contributed by atoms with Gasteiger partial charge in [0.1, 0.15) is 6.20 Å². The fourth-order valence-corrected chi connectivity index (χ4v) is 0.660. The maximum atomic E-state index is 8.59. The number of pyridine rings is 1. The molecule has 0 aliphatic rings. The third-order valence-corrected chi connectivity index (χ3v) is 1.29.